The summed E-state index contributed by atoms with van der Waals surface area (Å²) < 4.78 is 15.0. The second-order valence-electron chi connectivity index (χ2n) is 6.75. The zero-order valence-electron chi connectivity index (χ0n) is 16.1. The summed E-state index contributed by atoms with van der Waals surface area (Å²) in [6, 6.07) is 9.81. The number of carbonyl (C=O) groups is 2. The molecule has 3 rings (SSSR count). The minimum Gasteiger partial charge on any atom is -0.347 e. The first kappa shape index (κ1) is 19.5. The maximum atomic E-state index is 13.2. The highest BCUT2D eigenvalue weighted by Gasteiger charge is 2.24. The molecule has 0 unspecified atom stereocenters. The van der Waals surface area contributed by atoms with Gasteiger partial charge in [0, 0.05) is 36.7 Å². The Bertz CT molecular complexity index is 1010. The molecule has 0 fully saturated rings. The van der Waals surface area contributed by atoms with Gasteiger partial charge in [0.05, 0.1) is 0 Å². The van der Waals surface area contributed by atoms with Gasteiger partial charge in [0.15, 0.2) is 5.78 Å². The fourth-order valence-electron chi connectivity index (χ4n) is 3.45. The SMILES string of the molecule is CC(=O)c1c(C)c(C(=O)NCc2cccnc2)n(Cc2ccc(F)cc2)c1C. The molecule has 0 atom stereocenters. The van der Waals surface area contributed by atoms with Gasteiger partial charge in [0.25, 0.3) is 5.91 Å². The number of halogens is 1. The zero-order valence-corrected chi connectivity index (χ0v) is 16.1. The molecule has 0 bridgehead atoms. The Morgan fingerprint density at radius 3 is 2.43 bits per heavy atom. The van der Waals surface area contributed by atoms with Crippen molar-refractivity contribution in [1.82, 2.24) is 14.9 Å². The van der Waals surface area contributed by atoms with Gasteiger partial charge in [-0.2, -0.15) is 0 Å². The van der Waals surface area contributed by atoms with Crippen LogP contribution in [0.5, 0.6) is 0 Å². The number of carbonyl (C=O) groups excluding carboxylic acids is 2. The number of amides is 1. The van der Waals surface area contributed by atoms with Gasteiger partial charge in [-0.3, -0.25) is 14.6 Å². The Labute approximate surface area is 163 Å². The molecule has 1 N–H and O–H groups in total. The van der Waals surface area contributed by atoms with Gasteiger partial charge in [-0.05, 0) is 55.7 Å². The van der Waals surface area contributed by atoms with Gasteiger partial charge in [-0.15, -0.1) is 0 Å². The minimum atomic E-state index is -0.317. The van der Waals surface area contributed by atoms with E-state index in [-0.39, 0.29) is 17.5 Å². The quantitative estimate of drug-likeness (QED) is 0.662. The number of nitrogens with zero attached hydrogens (tertiary/aromatic N) is 2. The Hall–Kier alpha value is -3.28. The van der Waals surface area contributed by atoms with Crippen molar-refractivity contribution >= 4 is 11.7 Å². The van der Waals surface area contributed by atoms with Crippen LogP contribution in [-0.4, -0.2) is 21.2 Å². The second kappa shape index (κ2) is 8.17. The smallest absolute Gasteiger partial charge is 0.268 e. The molecule has 1 aromatic carbocycles. The molecule has 2 aromatic heterocycles. The van der Waals surface area contributed by atoms with Crippen molar-refractivity contribution in [3.05, 3.63) is 88.3 Å². The maximum Gasteiger partial charge on any atom is 0.268 e. The molecule has 0 radical (unpaired) electrons. The Kier molecular flexibility index (Phi) is 5.68. The average Bonchev–Trinajstić information content (AvgIpc) is 2.92. The van der Waals surface area contributed by atoms with Crippen molar-refractivity contribution in [3.8, 4) is 0 Å². The molecule has 0 saturated heterocycles. The molecule has 6 heteroatoms. The van der Waals surface area contributed by atoms with E-state index in [4.69, 9.17) is 0 Å². The number of hydrogen-bond donors (Lipinski definition) is 1. The van der Waals surface area contributed by atoms with Gasteiger partial charge in [-0.1, -0.05) is 18.2 Å². The predicted octanol–water partition coefficient (Wildman–Crippen LogP) is 3.82. The van der Waals surface area contributed by atoms with E-state index in [1.54, 1.807) is 31.5 Å². The van der Waals surface area contributed by atoms with Gasteiger partial charge < -0.3 is 9.88 Å². The first-order valence-electron chi connectivity index (χ1n) is 9.00. The summed E-state index contributed by atoms with van der Waals surface area (Å²) in [5.41, 5.74) is 4.09. The largest absolute Gasteiger partial charge is 0.347 e. The topological polar surface area (TPSA) is 64.0 Å². The molecule has 144 valence electrons. The molecule has 0 spiro atoms. The number of Topliss-reactive ketones (excluding diaryl/α,β-unsaturated/α-hetero) is 1. The van der Waals surface area contributed by atoms with Crippen LogP contribution in [0.4, 0.5) is 4.39 Å². The van der Waals surface area contributed by atoms with Gasteiger partial charge in [0.1, 0.15) is 11.5 Å². The third-order valence-electron chi connectivity index (χ3n) is 4.76. The minimum absolute atomic E-state index is 0.0887. The summed E-state index contributed by atoms with van der Waals surface area (Å²) in [4.78, 5) is 29.2. The fraction of sp³-hybridized carbons (Fsp3) is 0.227. The lowest BCUT2D eigenvalue weighted by Crippen LogP contribution is -2.26. The number of ketones is 1. The van der Waals surface area contributed by atoms with Crippen molar-refractivity contribution in [1.29, 1.82) is 0 Å². The van der Waals surface area contributed by atoms with E-state index in [1.165, 1.54) is 19.1 Å². The van der Waals surface area contributed by atoms with Crippen LogP contribution < -0.4 is 5.32 Å². The van der Waals surface area contributed by atoms with Crippen molar-refractivity contribution in [3.63, 3.8) is 0 Å². The van der Waals surface area contributed by atoms with Crippen LogP contribution in [0.2, 0.25) is 0 Å². The zero-order chi connectivity index (χ0) is 20.3. The highest BCUT2D eigenvalue weighted by Crippen LogP contribution is 2.24. The number of aromatic nitrogens is 2. The first-order chi connectivity index (χ1) is 13.4. The third kappa shape index (κ3) is 4.01. The van der Waals surface area contributed by atoms with Gasteiger partial charge in [0.2, 0.25) is 0 Å². The third-order valence-corrected chi connectivity index (χ3v) is 4.76. The van der Waals surface area contributed by atoms with Crippen LogP contribution in [-0.2, 0) is 13.1 Å². The van der Waals surface area contributed by atoms with E-state index < -0.39 is 0 Å². The predicted molar refractivity (Wildman–Crippen MR) is 105 cm³/mol. The standard InChI is InChI=1S/C22H22FN3O2/c1-14-20(16(3)27)15(2)26(13-17-6-8-19(23)9-7-17)21(14)22(28)25-12-18-5-4-10-24-11-18/h4-11H,12-13H2,1-3H3,(H,25,28). The summed E-state index contributed by atoms with van der Waals surface area (Å²) in [6.07, 6.45) is 3.36. The van der Waals surface area contributed by atoms with Crippen molar-refractivity contribution in [2.75, 3.05) is 0 Å². The molecule has 28 heavy (non-hydrogen) atoms. The number of hydrogen-bond acceptors (Lipinski definition) is 3. The first-order valence-corrected chi connectivity index (χ1v) is 9.00. The van der Waals surface area contributed by atoms with Crippen molar-refractivity contribution < 1.29 is 14.0 Å². The summed E-state index contributed by atoms with van der Waals surface area (Å²) in [5.74, 6) is -0.670. The van der Waals surface area contributed by atoms with E-state index in [0.717, 1.165) is 16.8 Å². The molecule has 0 saturated carbocycles. The van der Waals surface area contributed by atoms with E-state index in [2.05, 4.69) is 10.3 Å². The van der Waals surface area contributed by atoms with Gasteiger partial charge >= 0.3 is 0 Å². The second-order valence-corrected chi connectivity index (χ2v) is 6.75. The number of rotatable bonds is 6. The summed E-state index contributed by atoms with van der Waals surface area (Å²) in [7, 11) is 0. The van der Waals surface area contributed by atoms with E-state index in [9.17, 15) is 14.0 Å². The molecule has 0 aliphatic carbocycles. The van der Waals surface area contributed by atoms with E-state index >= 15 is 0 Å². The number of pyridine rings is 1. The van der Waals surface area contributed by atoms with Crippen LogP contribution in [0.3, 0.4) is 0 Å². The summed E-state index contributed by atoms with van der Waals surface area (Å²) in [6.45, 7) is 5.81. The Morgan fingerprint density at radius 1 is 1.11 bits per heavy atom. The number of nitrogens with one attached hydrogen (secondary N) is 1. The molecule has 3 aromatic rings. The molecule has 1 amide bonds. The number of benzene rings is 1. The van der Waals surface area contributed by atoms with Crippen molar-refractivity contribution in [2.45, 2.75) is 33.9 Å². The van der Waals surface area contributed by atoms with Crippen molar-refractivity contribution in [2.24, 2.45) is 0 Å². The van der Waals surface area contributed by atoms with Crippen LogP contribution in [0, 0.1) is 19.7 Å². The molecule has 0 aliphatic heterocycles. The average molecular weight is 379 g/mol. The molecular weight excluding hydrogens is 357 g/mol. The van der Waals surface area contributed by atoms with Crippen LogP contribution in [0.15, 0.2) is 48.8 Å². The van der Waals surface area contributed by atoms with Crippen LogP contribution in [0.1, 0.15) is 50.2 Å². The van der Waals surface area contributed by atoms with Crippen LogP contribution >= 0.6 is 0 Å². The van der Waals surface area contributed by atoms with Gasteiger partial charge in [-0.25, -0.2) is 4.39 Å². The van der Waals surface area contributed by atoms with Crippen LogP contribution in [0.25, 0.3) is 0 Å². The lowest BCUT2D eigenvalue weighted by atomic mass is 10.1. The lowest BCUT2D eigenvalue weighted by molar-refractivity contribution is 0.0940. The Balaban J connectivity index is 1.95. The van der Waals surface area contributed by atoms with E-state index in [0.29, 0.717) is 29.9 Å². The normalized spacial score (nSPS) is 10.7. The maximum absolute atomic E-state index is 13.2. The summed E-state index contributed by atoms with van der Waals surface area (Å²) >= 11 is 0. The highest BCUT2D eigenvalue weighted by atomic mass is 19.1. The summed E-state index contributed by atoms with van der Waals surface area (Å²) in [5, 5.41) is 2.90. The fourth-order valence-corrected chi connectivity index (χ4v) is 3.45. The molecule has 0 aliphatic rings. The Morgan fingerprint density at radius 2 is 1.82 bits per heavy atom. The molecule has 5 nitrogen and oxygen atoms in total. The molecular formula is C22H22FN3O2. The molecule has 2 heterocycles. The van der Waals surface area contributed by atoms with E-state index in [1.807, 2.05) is 23.6 Å². The monoisotopic (exact) mass is 379 g/mol. The lowest BCUT2D eigenvalue weighted by Gasteiger charge is -2.13. The highest BCUT2D eigenvalue weighted by molar-refractivity contribution is 6.02.